The highest BCUT2D eigenvalue weighted by Crippen LogP contribution is 2.13. The molecule has 0 aliphatic rings. The van der Waals surface area contributed by atoms with E-state index in [2.05, 4.69) is 15.3 Å². The van der Waals surface area contributed by atoms with Crippen LogP contribution in [0.15, 0.2) is 73.1 Å². The maximum atomic E-state index is 12.7. The zero-order chi connectivity index (χ0) is 17.5. The van der Waals surface area contributed by atoms with Crippen LogP contribution in [0.25, 0.3) is 0 Å². The molecule has 5 nitrogen and oxygen atoms in total. The van der Waals surface area contributed by atoms with Gasteiger partial charge in [-0.15, -0.1) is 0 Å². The number of hydrogen-bond donors (Lipinski definition) is 1. The summed E-state index contributed by atoms with van der Waals surface area (Å²) < 4.78 is 0. The summed E-state index contributed by atoms with van der Waals surface area (Å²) in [6, 6.07) is 19.6. The van der Waals surface area contributed by atoms with Gasteiger partial charge in [-0.3, -0.25) is 4.79 Å². The zero-order valence-electron chi connectivity index (χ0n) is 14.1. The molecule has 126 valence electrons. The Hall–Kier alpha value is -3.21. The molecule has 0 bridgehead atoms. The third kappa shape index (κ3) is 4.41. The molecule has 0 saturated carbocycles. The predicted octanol–water partition coefficient (Wildman–Crippen LogP) is 3.88. The number of amides is 1. The molecule has 3 rings (SSSR count). The molecule has 25 heavy (non-hydrogen) atoms. The first-order valence-electron chi connectivity index (χ1n) is 8.23. The lowest BCUT2D eigenvalue weighted by molar-refractivity contribution is 0.0746. The van der Waals surface area contributed by atoms with Gasteiger partial charge in [0.05, 0.1) is 12.4 Å². The molecule has 0 fully saturated rings. The van der Waals surface area contributed by atoms with Gasteiger partial charge in [0, 0.05) is 18.8 Å². The second-order valence-corrected chi connectivity index (χ2v) is 5.58. The molecule has 0 spiro atoms. The van der Waals surface area contributed by atoms with Gasteiger partial charge >= 0.3 is 0 Å². The average Bonchev–Trinajstić information content (AvgIpc) is 2.68. The van der Waals surface area contributed by atoms with Crippen LogP contribution in [0.3, 0.4) is 0 Å². The van der Waals surface area contributed by atoms with E-state index in [4.69, 9.17) is 0 Å². The summed E-state index contributed by atoms with van der Waals surface area (Å²) in [6.45, 7) is 3.13. The van der Waals surface area contributed by atoms with Crippen LogP contribution in [0.2, 0.25) is 0 Å². The van der Waals surface area contributed by atoms with Gasteiger partial charge in [-0.2, -0.15) is 0 Å². The van der Waals surface area contributed by atoms with Crippen LogP contribution in [-0.4, -0.2) is 27.3 Å². The van der Waals surface area contributed by atoms with Crippen LogP contribution in [0.1, 0.15) is 23.0 Å². The summed E-state index contributed by atoms with van der Waals surface area (Å²) in [7, 11) is 0. The topological polar surface area (TPSA) is 58.1 Å². The van der Waals surface area contributed by atoms with Crippen molar-refractivity contribution in [3.63, 3.8) is 0 Å². The number of carbonyl (C=O) groups excluding carboxylic acids is 1. The number of rotatable bonds is 6. The van der Waals surface area contributed by atoms with Crippen molar-refractivity contribution >= 4 is 17.4 Å². The second kappa shape index (κ2) is 8.06. The highest BCUT2D eigenvalue weighted by molar-refractivity contribution is 5.92. The normalized spacial score (nSPS) is 10.3. The Labute approximate surface area is 147 Å². The maximum Gasteiger partial charge on any atom is 0.274 e. The minimum absolute atomic E-state index is 0.120. The summed E-state index contributed by atoms with van der Waals surface area (Å²) in [5.74, 6) is 0.485. The molecule has 1 heterocycles. The Kier molecular flexibility index (Phi) is 5.36. The summed E-state index contributed by atoms with van der Waals surface area (Å²) in [5.41, 5.74) is 2.36. The van der Waals surface area contributed by atoms with E-state index in [1.54, 1.807) is 11.1 Å². The lowest BCUT2D eigenvalue weighted by Gasteiger charge is -2.20. The number of anilines is 2. The van der Waals surface area contributed by atoms with Gasteiger partial charge < -0.3 is 10.2 Å². The average molecular weight is 332 g/mol. The number of para-hydroxylation sites is 1. The first-order chi connectivity index (χ1) is 12.3. The largest absolute Gasteiger partial charge is 0.339 e. The van der Waals surface area contributed by atoms with Crippen molar-refractivity contribution in [3.8, 4) is 0 Å². The molecule has 1 amide bonds. The Morgan fingerprint density at radius 1 is 0.960 bits per heavy atom. The molecule has 0 aliphatic heterocycles. The summed E-state index contributed by atoms with van der Waals surface area (Å²) in [4.78, 5) is 23.0. The molecule has 2 aromatic carbocycles. The fourth-order valence-electron chi connectivity index (χ4n) is 2.47. The van der Waals surface area contributed by atoms with E-state index < -0.39 is 0 Å². The van der Waals surface area contributed by atoms with Crippen molar-refractivity contribution in [2.24, 2.45) is 0 Å². The first-order valence-corrected chi connectivity index (χ1v) is 8.23. The molecule has 1 N–H and O–H groups in total. The SMILES string of the molecule is CCN(Cc1ccccc1)C(=O)c1cnc(Nc2ccccc2)cn1. The van der Waals surface area contributed by atoms with Gasteiger partial charge in [-0.05, 0) is 24.6 Å². The third-order valence-electron chi connectivity index (χ3n) is 3.80. The van der Waals surface area contributed by atoms with Crippen molar-refractivity contribution < 1.29 is 4.79 Å². The number of benzene rings is 2. The van der Waals surface area contributed by atoms with Crippen molar-refractivity contribution in [2.45, 2.75) is 13.5 Å². The van der Waals surface area contributed by atoms with Crippen LogP contribution in [0, 0.1) is 0 Å². The number of nitrogens with one attached hydrogen (secondary N) is 1. The Bertz CT molecular complexity index is 804. The third-order valence-corrected chi connectivity index (χ3v) is 3.80. The number of nitrogens with zero attached hydrogens (tertiary/aromatic N) is 3. The van der Waals surface area contributed by atoms with E-state index in [9.17, 15) is 4.79 Å². The van der Waals surface area contributed by atoms with Gasteiger partial charge in [-0.1, -0.05) is 48.5 Å². The van der Waals surface area contributed by atoms with Gasteiger partial charge in [0.15, 0.2) is 0 Å². The van der Waals surface area contributed by atoms with Crippen LogP contribution in [-0.2, 0) is 6.54 Å². The van der Waals surface area contributed by atoms with Crippen molar-refractivity contribution in [1.29, 1.82) is 0 Å². The molecular weight excluding hydrogens is 312 g/mol. The van der Waals surface area contributed by atoms with Crippen molar-refractivity contribution in [3.05, 3.63) is 84.3 Å². The molecule has 0 aliphatic carbocycles. The van der Waals surface area contributed by atoms with E-state index >= 15 is 0 Å². The Morgan fingerprint density at radius 3 is 2.24 bits per heavy atom. The molecule has 1 aromatic heterocycles. The van der Waals surface area contributed by atoms with Gasteiger partial charge in [-0.25, -0.2) is 9.97 Å². The van der Waals surface area contributed by atoms with Crippen LogP contribution in [0.5, 0.6) is 0 Å². The highest BCUT2D eigenvalue weighted by Gasteiger charge is 2.16. The Balaban J connectivity index is 1.68. The number of carbonyl (C=O) groups is 1. The van der Waals surface area contributed by atoms with E-state index in [0.717, 1.165) is 11.3 Å². The smallest absolute Gasteiger partial charge is 0.274 e. The van der Waals surface area contributed by atoms with Crippen LogP contribution < -0.4 is 5.32 Å². The van der Waals surface area contributed by atoms with E-state index in [0.29, 0.717) is 24.6 Å². The minimum Gasteiger partial charge on any atom is -0.339 e. The van der Waals surface area contributed by atoms with Crippen molar-refractivity contribution in [1.82, 2.24) is 14.9 Å². The zero-order valence-corrected chi connectivity index (χ0v) is 14.1. The molecule has 3 aromatic rings. The molecule has 0 atom stereocenters. The molecule has 0 saturated heterocycles. The van der Waals surface area contributed by atoms with E-state index in [1.807, 2.05) is 67.6 Å². The van der Waals surface area contributed by atoms with Crippen LogP contribution in [0.4, 0.5) is 11.5 Å². The summed E-state index contributed by atoms with van der Waals surface area (Å²) in [5, 5.41) is 3.15. The van der Waals surface area contributed by atoms with Crippen molar-refractivity contribution in [2.75, 3.05) is 11.9 Å². The lowest BCUT2D eigenvalue weighted by Crippen LogP contribution is -2.31. The fraction of sp³-hybridized carbons (Fsp3) is 0.150. The molecule has 0 radical (unpaired) electrons. The molecular formula is C20H20N4O. The van der Waals surface area contributed by atoms with Crippen LogP contribution >= 0.6 is 0 Å². The molecule has 5 heteroatoms. The monoisotopic (exact) mass is 332 g/mol. The Morgan fingerprint density at radius 2 is 1.64 bits per heavy atom. The number of aromatic nitrogens is 2. The first kappa shape index (κ1) is 16.6. The number of hydrogen-bond acceptors (Lipinski definition) is 4. The summed E-state index contributed by atoms with van der Waals surface area (Å²) >= 11 is 0. The van der Waals surface area contributed by atoms with E-state index in [1.165, 1.54) is 6.20 Å². The van der Waals surface area contributed by atoms with Gasteiger partial charge in [0.25, 0.3) is 5.91 Å². The standard InChI is InChI=1S/C20H20N4O/c1-2-24(15-16-9-5-3-6-10-16)20(25)18-13-22-19(14-21-18)23-17-11-7-4-8-12-17/h3-14H,2,15H2,1H3,(H,22,23). The highest BCUT2D eigenvalue weighted by atomic mass is 16.2. The lowest BCUT2D eigenvalue weighted by atomic mass is 10.2. The molecule has 0 unspecified atom stereocenters. The summed E-state index contributed by atoms with van der Waals surface area (Å²) in [6.07, 6.45) is 3.10. The van der Waals surface area contributed by atoms with Gasteiger partial charge in [0.2, 0.25) is 0 Å². The maximum absolute atomic E-state index is 12.7. The quantitative estimate of drug-likeness (QED) is 0.744. The minimum atomic E-state index is -0.120. The van der Waals surface area contributed by atoms with Gasteiger partial charge in [0.1, 0.15) is 11.5 Å². The van der Waals surface area contributed by atoms with E-state index in [-0.39, 0.29) is 5.91 Å². The predicted molar refractivity (Wildman–Crippen MR) is 98.6 cm³/mol. The fourth-order valence-corrected chi connectivity index (χ4v) is 2.47. The second-order valence-electron chi connectivity index (χ2n) is 5.58.